The van der Waals surface area contributed by atoms with Gasteiger partial charge in [-0.2, -0.15) is 26.9 Å². The molecule has 2 heterocycles. The Morgan fingerprint density at radius 3 is 2.49 bits per heavy atom. The number of fused-ring (bicyclic) bond motifs is 1. The molecule has 2 aliphatic heterocycles. The highest BCUT2D eigenvalue weighted by Gasteiger charge is 2.56. The molecule has 0 fully saturated rings. The van der Waals surface area contributed by atoms with E-state index in [9.17, 15) is 35.2 Å². The van der Waals surface area contributed by atoms with Crippen LogP contribution in [0.1, 0.15) is 29.8 Å². The third-order valence-corrected chi connectivity index (χ3v) is 9.70. The zero-order chi connectivity index (χ0) is 27.8. The van der Waals surface area contributed by atoms with Crippen molar-refractivity contribution < 1.29 is 35.1 Å². The molecule has 16 heteroatoms. The summed E-state index contributed by atoms with van der Waals surface area (Å²) < 4.78 is 99.5. The van der Waals surface area contributed by atoms with Gasteiger partial charge in [-0.1, -0.05) is 15.9 Å². The number of benzene rings is 1. The molecule has 1 N–H and O–H groups in total. The van der Waals surface area contributed by atoms with Gasteiger partial charge in [0.1, 0.15) is 16.3 Å². The number of unbranched alkanes of at least 4 members (excludes halogenated alkanes) is 1. The first-order valence-electron chi connectivity index (χ1n) is 10.6. The predicted octanol–water partition coefficient (Wildman–Crippen LogP) is 6.38. The van der Waals surface area contributed by atoms with Gasteiger partial charge in [0.25, 0.3) is 10.0 Å². The van der Waals surface area contributed by atoms with Gasteiger partial charge in [-0.3, -0.25) is 9.29 Å². The Labute approximate surface area is 226 Å². The smallest absolute Gasteiger partial charge is 0.453 e. The minimum absolute atomic E-state index is 0.0385. The second kappa shape index (κ2) is 11.1. The van der Waals surface area contributed by atoms with Crippen molar-refractivity contribution in [3.8, 4) is 11.4 Å². The van der Waals surface area contributed by atoms with E-state index in [-0.39, 0.29) is 40.7 Å². The van der Waals surface area contributed by atoms with Crippen LogP contribution in [0, 0.1) is 13.8 Å². The minimum Gasteiger partial charge on any atom is -0.495 e. The molecule has 0 saturated heterocycles. The summed E-state index contributed by atoms with van der Waals surface area (Å²) in [5.41, 5.74) is -0.0348. The first-order valence-corrected chi connectivity index (χ1v) is 14.6. The molecule has 0 aromatic heterocycles. The van der Waals surface area contributed by atoms with Crippen molar-refractivity contribution in [3.63, 3.8) is 0 Å². The number of ether oxygens (including phenoxy) is 1. The molecular formula is C21H21BrF5N3O4S3. The number of aryl methyl sites for hydroxylation is 1. The average molecular weight is 651 g/mol. The first kappa shape index (κ1) is 29.6. The molecule has 1 aromatic carbocycles. The average Bonchev–Trinajstić information content (AvgIpc) is 3.11. The summed E-state index contributed by atoms with van der Waals surface area (Å²) in [6.07, 6.45) is -7.27. The van der Waals surface area contributed by atoms with E-state index in [2.05, 4.69) is 25.6 Å². The number of alkyl halides is 5. The Kier molecular flexibility index (Phi) is 8.86. The lowest BCUT2D eigenvalue weighted by Crippen LogP contribution is -2.36. The third-order valence-electron chi connectivity index (χ3n) is 5.31. The van der Waals surface area contributed by atoms with E-state index in [1.54, 1.807) is 19.9 Å². The van der Waals surface area contributed by atoms with Crippen molar-refractivity contribution in [1.82, 2.24) is 9.55 Å². The van der Waals surface area contributed by atoms with Crippen LogP contribution in [0.3, 0.4) is 0 Å². The molecule has 3 rings (SSSR count). The maximum absolute atomic E-state index is 13.2. The number of rotatable bonds is 10. The second-order valence-corrected chi connectivity index (χ2v) is 13.0. The van der Waals surface area contributed by atoms with Crippen molar-refractivity contribution >= 4 is 54.9 Å². The van der Waals surface area contributed by atoms with Gasteiger partial charge in [0.05, 0.1) is 11.3 Å². The van der Waals surface area contributed by atoms with Gasteiger partial charge >= 0.3 is 17.8 Å². The normalized spacial score (nSPS) is 12.8. The maximum atomic E-state index is 13.2. The highest BCUT2D eigenvalue weighted by Crippen LogP contribution is 2.41. The molecule has 0 aliphatic carbocycles. The largest absolute Gasteiger partial charge is 0.495 e. The molecule has 0 spiro atoms. The number of anilines is 1. The molecule has 204 valence electrons. The standard InChI is InChI=1S/C21H21BrF5N3O4S3/c1-11-12(2)36-18(35-9-5-4-8-20(23,24)21(25,26)27)16-17(28-19(31)30(11)16)29-37(32,33)15-10-13(22)6-7-14(15)34-3/h6-7,10H,4-5,8-9H2,1-3H3,(H,28,29,31). The quantitative estimate of drug-likeness (QED) is 0.156. The lowest BCUT2D eigenvalue weighted by Gasteiger charge is -2.19. The molecule has 37 heavy (non-hydrogen) atoms. The molecule has 7 nitrogen and oxygen atoms in total. The number of imidazole rings is 1. The summed E-state index contributed by atoms with van der Waals surface area (Å²) in [6, 6.07) is 4.36. The summed E-state index contributed by atoms with van der Waals surface area (Å²) in [4.78, 5) is 17.1. The van der Waals surface area contributed by atoms with Crippen LogP contribution in [-0.4, -0.2) is 42.9 Å². The van der Waals surface area contributed by atoms with Crippen LogP contribution < -0.4 is 15.1 Å². The van der Waals surface area contributed by atoms with E-state index in [0.717, 1.165) is 16.6 Å². The second-order valence-electron chi connectivity index (χ2n) is 7.87. The van der Waals surface area contributed by atoms with Crippen LogP contribution in [-0.2, 0) is 10.0 Å². The zero-order valence-electron chi connectivity index (χ0n) is 19.6. The third kappa shape index (κ3) is 6.40. The number of methoxy groups -OCH3 is 1. The molecule has 0 radical (unpaired) electrons. The maximum Gasteiger partial charge on any atom is 0.453 e. The number of nitrogens with zero attached hydrogens (tertiary/aromatic N) is 2. The number of halogens is 6. The number of hydrogen-bond donors (Lipinski definition) is 1. The van der Waals surface area contributed by atoms with Gasteiger partial charge < -0.3 is 4.74 Å². The monoisotopic (exact) mass is 649 g/mol. The van der Waals surface area contributed by atoms with Crippen molar-refractivity contribution in [3.05, 3.63) is 43.7 Å². The molecule has 0 unspecified atom stereocenters. The number of thioether (sulfide) groups is 1. The molecule has 0 atom stereocenters. The number of nitrogens with one attached hydrogen (secondary N) is 1. The SMILES string of the molecule is COc1ccc(Br)cc1S(=O)(=O)Nc1nc(=O)n2c(C)c(C)sc(SCCCCC(F)(F)C(F)(F)F)c1-2. The van der Waals surface area contributed by atoms with E-state index < -0.39 is 34.2 Å². The number of sulfonamides is 1. The molecule has 0 bridgehead atoms. The lowest BCUT2D eigenvalue weighted by molar-refractivity contribution is -0.284. The Morgan fingerprint density at radius 2 is 1.86 bits per heavy atom. The van der Waals surface area contributed by atoms with Gasteiger partial charge in [-0.05, 0) is 50.6 Å². The highest BCUT2D eigenvalue weighted by atomic mass is 79.9. The predicted molar refractivity (Wildman–Crippen MR) is 135 cm³/mol. The highest BCUT2D eigenvalue weighted by molar-refractivity contribution is 9.10. The Morgan fingerprint density at radius 1 is 1.19 bits per heavy atom. The van der Waals surface area contributed by atoms with Gasteiger partial charge in [0, 0.05) is 21.5 Å². The number of aromatic nitrogens is 2. The van der Waals surface area contributed by atoms with E-state index >= 15 is 0 Å². The molecule has 0 saturated carbocycles. The Balaban J connectivity index is 1.91. The van der Waals surface area contributed by atoms with E-state index in [1.165, 1.54) is 35.1 Å². The van der Waals surface area contributed by atoms with Crippen molar-refractivity contribution in [2.45, 2.75) is 54.3 Å². The van der Waals surface area contributed by atoms with Crippen LogP contribution in [0.15, 0.2) is 36.6 Å². The summed E-state index contributed by atoms with van der Waals surface area (Å²) in [5, 5.41) is 0. The number of hydrogen-bond acceptors (Lipinski definition) is 7. The van der Waals surface area contributed by atoms with Crippen LogP contribution >= 0.6 is 39.0 Å². The summed E-state index contributed by atoms with van der Waals surface area (Å²) in [6.45, 7) is 3.40. The van der Waals surface area contributed by atoms with Crippen molar-refractivity contribution in [1.29, 1.82) is 0 Å². The fourth-order valence-corrected chi connectivity index (χ4v) is 7.52. The summed E-state index contributed by atoms with van der Waals surface area (Å²) >= 11 is 5.56. The van der Waals surface area contributed by atoms with Gasteiger partial charge in [-0.25, -0.2) is 13.2 Å². The lowest BCUT2D eigenvalue weighted by atomic mass is 10.1. The fourth-order valence-electron chi connectivity index (χ4n) is 3.29. The van der Waals surface area contributed by atoms with Crippen LogP contribution in [0.25, 0.3) is 5.69 Å². The van der Waals surface area contributed by atoms with Crippen LogP contribution in [0.5, 0.6) is 5.75 Å². The van der Waals surface area contributed by atoms with Crippen LogP contribution in [0.4, 0.5) is 27.8 Å². The zero-order valence-corrected chi connectivity index (χ0v) is 23.6. The van der Waals surface area contributed by atoms with Crippen molar-refractivity contribution in [2.75, 3.05) is 17.6 Å². The van der Waals surface area contributed by atoms with Gasteiger partial charge in [0.2, 0.25) is 0 Å². The van der Waals surface area contributed by atoms with Gasteiger partial charge in [0.15, 0.2) is 5.82 Å². The van der Waals surface area contributed by atoms with E-state index in [1.807, 2.05) is 0 Å². The Hall–Kier alpha value is -1.91. The summed E-state index contributed by atoms with van der Waals surface area (Å²) in [7, 11) is -2.97. The van der Waals surface area contributed by atoms with Crippen molar-refractivity contribution in [2.24, 2.45) is 0 Å². The molecule has 1 aromatic rings. The molecular weight excluding hydrogens is 629 g/mol. The molecule has 2 aliphatic rings. The Bertz CT molecular complexity index is 1420. The molecule has 0 amide bonds. The summed E-state index contributed by atoms with van der Waals surface area (Å²) in [5.74, 6) is -4.79. The minimum atomic E-state index is -5.60. The van der Waals surface area contributed by atoms with E-state index in [0.29, 0.717) is 14.4 Å². The first-order chi connectivity index (χ1) is 17.1. The fraction of sp³-hybridized carbons (Fsp3) is 0.429. The van der Waals surface area contributed by atoms with E-state index in [4.69, 9.17) is 4.74 Å². The van der Waals surface area contributed by atoms with Crippen LogP contribution in [0.2, 0.25) is 0 Å². The van der Waals surface area contributed by atoms with Gasteiger partial charge in [-0.15, -0.1) is 23.1 Å². The topological polar surface area (TPSA) is 90.3 Å².